The Morgan fingerprint density at radius 3 is 2.45 bits per heavy atom. The molecule has 1 saturated carbocycles. The molecule has 2 fully saturated rings. The molecule has 0 bridgehead atoms. The molecule has 0 spiro atoms. The van der Waals surface area contributed by atoms with Crippen LogP contribution in [-0.2, 0) is 19.6 Å². The Morgan fingerprint density at radius 2 is 1.88 bits per heavy atom. The average molecular weight is 479 g/mol. The highest BCUT2D eigenvalue weighted by molar-refractivity contribution is 7.89. The largest absolute Gasteiger partial charge is 0.465 e. The lowest BCUT2D eigenvalue weighted by Crippen LogP contribution is -2.53. The van der Waals surface area contributed by atoms with Gasteiger partial charge < -0.3 is 10.1 Å². The first-order chi connectivity index (χ1) is 15.7. The van der Waals surface area contributed by atoms with E-state index in [0.29, 0.717) is 30.7 Å². The smallest absolute Gasteiger partial charge is 0.337 e. The second-order valence-corrected chi connectivity index (χ2v) is 11.6. The van der Waals surface area contributed by atoms with E-state index in [1.807, 2.05) is 6.92 Å². The maximum atomic E-state index is 13.2. The van der Waals surface area contributed by atoms with Gasteiger partial charge in [0.15, 0.2) is 0 Å². The molecule has 0 aromatic heterocycles. The molecule has 3 rings (SSSR count). The van der Waals surface area contributed by atoms with Crippen molar-refractivity contribution in [2.75, 3.05) is 13.7 Å². The Balaban J connectivity index is 1.63. The minimum absolute atomic E-state index is 0.0308. The van der Waals surface area contributed by atoms with E-state index in [1.165, 1.54) is 61.4 Å². The minimum Gasteiger partial charge on any atom is -0.465 e. The molecule has 1 aliphatic heterocycles. The number of ether oxygens (including phenoxy) is 1. The van der Waals surface area contributed by atoms with E-state index in [2.05, 4.69) is 23.9 Å². The first-order valence-corrected chi connectivity index (χ1v) is 13.6. The Labute approximate surface area is 198 Å². The van der Waals surface area contributed by atoms with Gasteiger partial charge in [0, 0.05) is 12.6 Å². The number of carbonyl (C=O) groups excluding carboxylic acids is 2. The van der Waals surface area contributed by atoms with Gasteiger partial charge in [-0.25, -0.2) is 13.2 Å². The number of carbonyl (C=O) groups is 2. The van der Waals surface area contributed by atoms with Gasteiger partial charge in [0.05, 0.1) is 17.6 Å². The summed E-state index contributed by atoms with van der Waals surface area (Å²) in [4.78, 5) is 24.8. The van der Waals surface area contributed by atoms with Crippen LogP contribution in [0.1, 0.15) is 82.5 Å². The normalized spacial score (nSPS) is 26.4. The summed E-state index contributed by atoms with van der Waals surface area (Å²) in [5.74, 6) is -0.287. The molecule has 1 heterocycles. The number of nitrogens with one attached hydrogen (secondary N) is 1. The first-order valence-electron chi connectivity index (χ1n) is 12.2. The van der Waals surface area contributed by atoms with Crippen LogP contribution in [0.15, 0.2) is 29.2 Å². The molecule has 33 heavy (non-hydrogen) atoms. The fourth-order valence-corrected chi connectivity index (χ4v) is 7.03. The molecular weight excluding hydrogens is 440 g/mol. The number of rotatable bonds is 10. The monoisotopic (exact) mass is 478 g/mol. The lowest BCUT2D eigenvalue weighted by molar-refractivity contribution is -0.126. The second-order valence-electron chi connectivity index (χ2n) is 9.71. The number of unbranched alkanes of at least 4 members (excludes halogenated alkanes) is 1. The standard InChI is InChI=1S/C25H38N2O5S/c1-5-7-14-25(6-2)16-20(17-25)18(3)26-23(28)22-9-8-15-27(22)33(30,31)21-12-10-19(11-13-21)24(29)32-4/h10-13,18,20,22H,5-9,14-17H2,1-4H3,(H,26,28). The van der Waals surface area contributed by atoms with E-state index in [1.54, 1.807) is 0 Å². The molecule has 0 radical (unpaired) electrons. The maximum Gasteiger partial charge on any atom is 0.337 e. The number of nitrogens with zero attached hydrogens (tertiary/aromatic N) is 1. The molecule has 1 amide bonds. The van der Waals surface area contributed by atoms with E-state index < -0.39 is 22.0 Å². The third kappa shape index (κ3) is 5.43. The highest BCUT2D eigenvalue weighted by Crippen LogP contribution is 2.52. The van der Waals surface area contributed by atoms with Crippen LogP contribution >= 0.6 is 0 Å². The van der Waals surface area contributed by atoms with Crippen molar-refractivity contribution in [3.8, 4) is 0 Å². The number of hydrogen-bond acceptors (Lipinski definition) is 5. The van der Waals surface area contributed by atoms with Gasteiger partial charge in [0.2, 0.25) is 15.9 Å². The van der Waals surface area contributed by atoms with Crippen molar-refractivity contribution in [2.24, 2.45) is 11.3 Å². The van der Waals surface area contributed by atoms with Crippen molar-refractivity contribution in [3.05, 3.63) is 29.8 Å². The molecule has 8 heteroatoms. The van der Waals surface area contributed by atoms with Crippen molar-refractivity contribution in [1.29, 1.82) is 0 Å². The quantitative estimate of drug-likeness (QED) is 0.511. The van der Waals surface area contributed by atoms with Crippen LogP contribution < -0.4 is 5.32 Å². The molecule has 2 atom stereocenters. The van der Waals surface area contributed by atoms with Crippen LogP contribution in [0.25, 0.3) is 0 Å². The molecular formula is C25H38N2O5S. The summed E-state index contributed by atoms with van der Waals surface area (Å²) in [6.07, 6.45) is 8.29. The molecule has 184 valence electrons. The second kappa shape index (κ2) is 10.6. The topological polar surface area (TPSA) is 92.8 Å². The third-order valence-electron chi connectivity index (χ3n) is 7.67. The molecule has 1 aromatic carbocycles. The van der Waals surface area contributed by atoms with Gasteiger partial charge >= 0.3 is 5.97 Å². The van der Waals surface area contributed by atoms with Crippen LogP contribution in [0.3, 0.4) is 0 Å². The number of amides is 1. The van der Waals surface area contributed by atoms with Crippen molar-refractivity contribution in [3.63, 3.8) is 0 Å². The van der Waals surface area contributed by atoms with Gasteiger partial charge in [-0.2, -0.15) is 4.31 Å². The molecule has 2 unspecified atom stereocenters. The third-order valence-corrected chi connectivity index (χ3v) is 9.59. The van der Waals surface area contributed by atoms with Crippen LogP contribution in [0.4, 0.5) is 0 Å². The van der Waals surface area contributed by atoms with Crippen molar-refractivity contribution >= 4 is 21.9 Å². The molecule has 1 aliphatic carbocycles. The van der Waals surface area contributed by atoms with E-state index in [4.69, 9.17) is 0 Å². The van der Waals surface area contributed by atoms with Crippen molar-refractivity contribution < 1.29 is 22.7 Å². The van der Waals surface area contributed by atoms with Gasteiger partial charge in [-0.1, -0.05) is 33.1 Å². The Kier molecular flexibility index (Phi) is 8.22. The zero-order valence-corrected chi connectivity index (χ0v) is 21.1. The summed E-state index contributed by atoms with van der Waals surface area (Å²) in [5, 5.41) is 3.12. The van der Waals surface area contributed by atoms with Crippen LogP contribution in [0.5, 0.6) is 0 Å². The number of methoxy groups -OCH3 is 1. The summed E-state index contributed by atoms with van der Waals surface area (Å²) in [6, 6.07) is 4.98. The van der Waals surface area contributed by atoms with Gasteiger partial charge in [0.1, 0.15) is 6.04 Å². The van der Waals surface area contributed by atoms with E-state index in [0.717, 1.165) is 12.8 Å². The maximum absolute atomic E-state index is 13.2. The van der Waals surface area contributed by atoms with Crippen molar-refractivity contribution in [1.82, 2.24) is 9.62 Å². The Hall–Kier alpha value is -1.93. The predicted octanol–water partition coefficient (Wildman–Crippen LogP) is 4.13. The zero-order valence-electron chi connectivity index (χ0n) is 20.3. The fraction of sp³-hybridized carbons (Fsp3) is 0.680. The first kappa shape index (κ1) is 25.7. The number of esters is 1. The van der Waals surface area contributed by atoms with Gasteiger partial charge in [-0.15, -0.1) is 0 Å². The lowest BCUT2D eigenvalue weighted by atomic mass is 9.56. The summed E-state index contributed by atoms with van der Waals surface area (Å²) in [5.41, 5.74) is 0.697. The van der Waals surface area contributed by atoms with Crippen LogP contribution in [-0.4, -0.2) is 50.3 Å². The van der Waals surface area contributed by atoms with Crippen LogP contribution in [0.2, 0.25) is 0 Å². The number of hydrogen-bond donors (Lipinski definition) is 1. The minimum atomic E-state index is -3.84. The average Bonchev–Trinajstić information content (AvgIpc) is 3.29. The zero-order chi connectivity index (χ0) is 24.2. The van der Waals surface area contributed by atoms with Crippen molar-refractivity contribution in [2.45, 2.75) is 89.1 Å². The number of sulfonamides is 1. The fourth-order valence-electron chi connectivity index (χ4n) is 5.37. The van der Waals surface area contributed by atoms with Crippen LogP contribution in [0, 0.1) is 11.3 Å². The highest BCUT2D eigenvalue weighted by atomic mass is 32.2. The van der Waals surface area contributed by atoms with E-state index >= 15 is 0 Å². The summed E-state index contributed by atoms with van der Waals surface area (Å²) < 4.78 is 32.5. The Bertz CT molecular complexity index is 938. The molecule has 1 N–H and O–H groups in total. The van der Waals surface area contributed by atoms with Gasteiger partial charge in [0.25, 0.3) is 0 Å². The van der Waals surface area contributed by atoms with E-state index in [-0.39, 0.29) is 22.4 Å². The SMILES string of the molecule is CCCCC1(CC)CC(C(C)NC(=O)C2CCCN2S(=O)(=O)c2ccc(C(=O)OC)cc2)C1. The summed E-state index contributed by atoms with van der Waals surface area (Å²) >= 11 is 0. The van der Waals surface area contributed by atoms with E-state index in [9.17, 15) is 18.0 Å². The molecule has 1 saturated heterocycles. The number of benzene rings is 1. The molecule has 2 aliphatic rings. The summed E-state index contributed by atoms with van der Waals surface area (Å²) in [7, 11) is -2.57. The molecule has 1 aromatic rings. The van der Waals surface area contributed by atoms with Gasteiger partial charge in [-0.3, -0.25) is 4.79 Å². The Morgan fingerprint density at radius 1 is 1.21 bits per heavy atom. The molecule has 7 nitrogen and oxygen atoms in total. The van der Waals surface area contributed by atoms with Gasteiger partial charge in [-0.05, 0) is 74.6 Å². The summed E-state index contributed by atoms with van der Waals surface area (Å²) in [6.45, 7) is 6.83. The highest BCUT2D eigenvalue weighted by Gasteiger charge is 2.45. The lowest BCUT2D eigenvalue weighted by Gasteiger charge is -2.50. The predicted molar refractivity (Wildman–Crippen MR) is 127 cm³/mol.